The topological polar surface area (TPSA) is 206 Å². The van der Waals surface area contributed by atoms with Crippen molar-refractivity contribution in [3.8, 4) is 5.75 Å². The van der Waals surface area contributed by atoms with Crippen LogP contribution in [0.2, 0.25) is 0 Å². The van der Waals surface area contributed by atoms with E-state index in [9.17, 15) is 34.4 Å². The van der Waals surface area contributed by atoms with Gasteiger partial charge in [-0.1, -0.05) is 60.7 Å². The van der Waals surface area contributed by atoms with Crippen LogP contribution in [0.5, 0.6) is 5.75 Å². The standard InChI is InChI=1S/C31H31N5O8/c32-28(38)25(21-14-19-8-4-5-9-20(19)15-21)35-29(39)22(12-18-10-11-24(37)23(13-18)36(42)43)34-31(41)27-26(44-27)30(40)33-16-17-6-2-1-3-7-17/h1-11,13,21-22,25-27,37H,12,14-16H2,(H2,32,38)(H,33,40)(H,34,41)(H,35,39)/t22-,25-,26+,27+/m1/s1. The number of nitrogens with two attached hydrogens (primary N) is 1. The van der Waals surface area contributed by atoms with Gasteiger partial charge in [-0.3, -0.25) is 29.3 Å². The molecule has 4 amide bonds. The third-order valence-electron chi connectivity index (χ3n) is 7.79. The number of amides is 4. The Morgan fingerprint density at radius 2 is 1.55 bits per heavy atom. The quantitative estimate of drug-likeness (QED) is 0.114. The van der Waals surface area contributed by atoms with E-state index in [1.807, 2.05) is 54.6 Å². The molecule has 44 heavy (non-hydrogen) atoms. The van der Waals surface area contributed by atoms with Crippen molar-refractivity contribution in [1.82, 2.24) is 16.0 Å². The first-order valence-corrected chi connectivity index (χ1v) is 14.0. The van der Waals surface area contributed by atoms with Gasteiger partial charge in [0.1, 0.15) is 12.1 Å². The number of primary amides is 1. The summed E-state index contributed by atoms with van der Waals surface area (Å²) in [6.07, 6.45) is -1.42. The fraction of sp³-hybridized carbons (Fsp3) is 0.290. The number of hydrogen-bond acceptors (Lipinski definition) is 8. The summed E-state index contributed by atoms with van der Waals surface area (Å²) >= 11 is 0. The number of nitrogens with zero attached hydrogens (tertiary/aromatic N) is 1. The maximum atomic E-state index is 13.6. The average molecular weight is 602 g/mol. The van der Waals surface area contributed by atoms with Gasteiger partial charge in [-0.15, -0.1) is 0 Å². The van der Waals surface area contributed by atoms with Gasteiger partial charge in [-0.05, 0) is 47.1 Å². The first kappa shape index (κ1) is 30.2. The van der Waals surface area contributed by atoms with Crippen LogP contribution in [0.15, 0.2) is 72.8 Å². The smallest absolute Gasteiger partial charge is 0.310 e. The number of hydrogen-bond donors (Lipinski definition) is 5. The second-order valence-electron chi connectivity index (χ2n) is 10.9. The average Bonchev–Trinajstić information content (AvgIpc) is 3.71. The Labute approximate surface area is 251 Å². The Hall–Kier alpha value is -5.30. The number of epoxide rings is 1. The molecule has 6 N–H and O–H groups in total. The van der Waals surface area contributed by atoms with Crippen molar-refractivity contribution in [3.05, 3.63) is 105 Å². The van der Waals surface area contributed by atoms with E-state index in [1.54, 1.807) is 0 Å². The van der Waals surface area contributed by atoms with Crippen LogP contribution in [-0.4, -0.2) is 58.0 Å². The van der Waals surface area contributed by atoms with Gasteiger partial charge in [-0.25, -0.2) is 0 Å². The molecular formula is C31H31N5O8. The van der Waals surface area contributed by atoms with Gasteiger partial charge < -0.3 is 31.5 Å². The number of ether oxygens (including phenoxy) is 1. The Morgan fingerprint density at radius 1 is 0.909 bits per heavy atom. The molecule has 0 aromatic heterocycles. The van der Waals surface area contributed by atoms with Gasteiger partial charge in [0.2, 0.25) is 11.8 Å². The highest BCUT2D eigenvalue weighted by Gasteiger charge is 2.51. The molecule has 1 aliphatic carbocycles. The summed E-state index contributed by atoms with van der Waals surface area (Å²) in [5, 5.41) is 29.1. The molecule has 3 aromatic carbocycles. The molecule has 0 radical (unpaired) electrons. The van der Waals surface area contributed by atoms with Gasteiger partial charge in [0.15, 0.2) is 18.0 Å². The van der Waals surface area contributed by atoms with E-state index in [2.05, 4.69) is 16.0 Å². The third-order valence-corrected chi connectivity index (χ3v) is 7.79. The second kappa shape index (κ2) is 12.9. The summed E-state index contributed by atoms with van der Waals surface area (Å²) in [4.78, 5) is 62.4. The largest absolute Gasteiger partial charge is 0.502 e. The molecule has 0 unspecified atom stereocenters. The lowest BCUT2D eigenvalue weighted by Gasteiger charge is -2.25. The van der Waals surface area contributed by atoms with E-state index in [0.29, 0.717) is 12.8 Å². The molecule has 4 atom stereocenters. The maximum Gasteiger partial charge on any atom is 0.310 e. The van der Waals surface area contributed by atoms with E-state index in [4.69, 9.17) is 10.5 Å². The van der Waals surface area contributed by atoms with Crippen LogP contribution in [0.4, 0.5) is 5.69 Å². The number of phenolic OH excluding ortho intramolecular Hbond substituents is 1. The summed E-state index contributed by atoms with van der Waals surface area (Å²) in [6.45, 7) is 0.234. The van der Waals surface area contributed by atoms with Gasteiger partial charge >= 0.3 is 5.69 Å². The van der Waals surface area contributed by atoms with E-state index in [1.165, 1.54) is 6.07 Å². The molecule has 0 bridgehead atoms. The van der Waals surface area contributed by atoms with Crippen molar-refractivity contribution >= 4 is 29.3 Å². The number of aromatic hydroxyl groups is 1. The van der Waals surface area contributed by atoms with Crippen LogP contribution in [0.1, 0.15) is 22.3 Å². The molecule has 228 valence electrons. The van der Waals surface area contributed by atoms with E-state index in [0.717, 1.165) is 28.8 Å². The lowest BCUT2D eigenvalue weighted by Crippen LogP contribution is -2.56. The maximum absolute atomic E-state index is 13.6. The predicted molar refractivity (Wildman–Crippen MR) is 156 cm³/mol. The highest BCUT2D eigenvalue weighted by molar-refractivity contribution is 5.97. The van der Waals surface area contributed by atoms with Crippen LogP contribution < -0.4 is 21.7 Å². The molecule has 0 saturated carbocycles. The minimum Gasteiger partial charge on any atom is -0.502 e. The predicted octanol–water partition coefficient (Wildman–Crippen LogP) is 0.797. The molecule has 1 fully saturated rings. The SMILES string of the molecule is NC(=O)[C@H](NC(=O)[C@@H](Cc1ccc(O)c([N+](=O)[O-])c1)NC(=O)[C@H]1O[C@@H]1C(=O)NCc1ccccc1)C1Cc2ccccc2C1. The number of carbonyl (C=O) groups excluding carboxylic acids is 4. The number of fused-ring (bicyclic) bond motifs is 1. The molecule has 2 aliphatic rings. The Bertz CT molecular complexity index is 1570. The molecule has 13 heteroatoms. The zero-order chi connectivity index (χ0) is 31.4. The highest BCUT2D eigenvalue weighted by atomic mass is 16.6. The van der Waals surface area contributed by atoms with E-state index in [-0.39, 0.29) is 24.4 Å². The van der Waals surface area contributed by atoms with Crippen molar-refractivity contribution in [2.75, 3.05) is 0 Å². The molecular weight excluding hydrogens is 570 g/mol. The fourth-order valence-electron chi connectivity index (χ4n) is 5.44. The lowest BCUT2D eigenvalue weighted by molar-refractivity contribution is -0.385. The van der Waals surface area contributed by atoms with Crippen LogP contribution in [0.3, 0.4) is 0 Å². The molecule has 5 rings (SSSR count). The molecule has 1 saturated heterocycles. The summed E-state index contributed by atoms with van der Waals surface area (Å²) in [6, 6.07) is 18.0. The van der Waals surface area contributed by atoms with Crippen LogP contribution in [0, 0.1) is 16.0 Å². The number of phenols is 1. The van der Waals surface area contributed by atoms with E-state index < -0.39 is 64.3 Å². The normalized spacial score (nSPS) is 18.4. The minimum absolute atomic E-state index is 0.230. The molecule has 0 spiro atoms. The van der Waals surface area contributed by atoms with Gasteiger partial charge in [0.05, 0.1) is 4.92 Å². The number of rotatable bonds is 12. The summed E-state index contributed by atoms with van der Waals surface area (Å²) in [5.41, 5.74) is 8.32. The van der Waals surface area contributed by atoms with Crippen molar-refractivity contribution in [1.29, 1.82) is 0 Å². The van der Waals surface area contributed by atoms with Gasteiger partial charge in [-0.2, -0.15) is 0 Å². The summed E-state index contributed by atoms with van der Waals surface area (Å²) in [5.74, 6) is -3.62. The Kier molecular flexibility index (Phi) is 8.86. The first-order chi connectivity index (χ1) is 21.1. The summed E-state index contributed by atoms with van der Waals surface area (Å²) in [7, 11) is 0. The number of nitro benzene ring substituents is 1. The lowest BCUT2D eigenvalue weighted by atomic mass is 9.95. The highest BCUT2D eigenvalue weighted by Crippen LogP contribution is 2.30. The zero-order valence-electron chi connectivity index (χ0n) is 23.5. The number of carbonyl (C=O) groups is 4. The summed E-state index contributed by atoms with van der Waals surface area (Å²) < 4.78 is 5.31. The minimum atomic E-state index is -1.32. The molecule has 13 nitrogen and oxygen atoms in total. The van der Waals surface area contributed by atoms with E-state index >= 15 is 0 Å². The Morgan fingerprint density at radius 3 is 2.18 bits per heavy atom. The Balaban J connectivity index is 1.29. The van der Waals surface area contributed by atoms with Crippen molar-refractivity contribution in [2.45, 2.75) is 50.1 Å². The van der Waals surface area contributed by atoms with Gasteiger partial charge in [0, 0.05) is 19.0 Å². The molecule has 1 heterocycles. The van der Waals surface area contributed by atoms with Crippen LogP contribution in [-0.2, 0) is 49.7 Å². The number of benzene rings is 3. The second-order valence-corrected chi connectivity index (χ2v) is 10.9. The molecule has 1 aliphatic heterocycles. The molecule has 3 aromatic rings. The number of nitrogens with one attached hydrogen (secondary N) is 3. The number of nitro groups is 1. The van der Waals surface area contributed by atoms with Gasteiger partial charge in [0.25, 0.3) is 11.8 Å². The van der Waals surface area contributed by atoms with Crippen LogP contribution in [0.25, 0.3) is 0 Å². The van der Waals surface area contributed by atoms with Crippen molar-refractivity contribution in [2.24, 2.45) is 11.7 Å². The third kappa shape index (κ3) is 7.01. The zero-order valence-corrected chi connectivity index (χ0v) is 23.5. The van der Waals surface area contributed by atoms with Crippen LogP contribution >= 0.6 is 0 Å². The fourth-order valence-corrected chi connectivity index (χ4v) is 5.44. The van der Waals surface area contributed by atoms with Crippen molar-refractivity contribution < 1.29 is 33.9 Å². The first-order valence-electron chi connectivity index (χ1n) is 14.0. The van der Waals surface area contributed by atoms with Crippen molar-refractivity contribution in [3.63, 3.8) is 0 Å². The monoisotopic (exact) mass is 601 g/mol.